The number of hydrogen-bond acceptors (Lipinski definition) is 3. The van der Waals surface area contributed by atoms with Crippen LogP contribution in [0.2, 0.25) is 0 Å². The topological polar surface area (TPSA) is 56.0 Å². The number of halogens is 2. The summed E-state index contributed by atoms with van der Waals surface area (Å²) in [4.78, 5) is -0.146. The lowest BCUT2D eigenvalue weighted by molar-refractivity contribution is 0.399. The van der Waals surface area contributed by atoms with Gasteiger partial charge in [-0.15, -0.1) is 6.58 Å². The molecule has 0 radical (unpaired) electrons. The van der Waals surface area contributed by atoms with Gasteiger partial charge in [-0.1, -0.05) is 18.3 Å². The zero-order valence-electron chi connectivity index (χ0n) is 9.78. The lowest BCUT2D eigenvalue weighted by atomic mass is 10.2. The van der Waals surface area contributed by atoms with Crippen LogP contribution in [0, 0.1) is 23.0 Å². The number of aliphatic hydroxyl groups excluding tert-OH is 1. The molecule has 0 amide bonds. The molecule has 0 aliphatic carbocycles. The maximum Gasteiger partial charge on any atom is 0.149 e. The number of anilines is 1. The van der Waals surface area contributed by atoms with Crippen LogP contribution in [-0.2, 0) is 0 Å². The highest BCUT2D eigenvalue weighted by atomic mass is 32.1. The predicted molar refractivity (Wildman–Crippen MR) is 72.7 cm³/mol. The van der Waals surface area contributed by atoms with Gasteiger partial charge in [0.15, 0.2) is 0 Å². The Balaban J connectivity index is 2.99. The summed E-state index contributed by atoms with van der Waals surface area (Å²) >= 11 is 4.89. The maximum absolute atomic E-state index is 13.4. The van der Waals surface area contributed by atoms with Gasteiger partial charge < -0.3 is 10.4 Å². The first-order valence-corrected chi connectivity index (χ1v) is 5.60. The van der Waals surface area contributed by atoms with E-state index in [-0.39, 0.29) is 28.4 Å². The van der Waals surface area contributed by atoms with Crippen molar-refractivity contribution in [2.45, 2.75) is 6.42 Å². The molecule has 98 valence electrons. The van der Waals surface area contributed by atoms with Crippen LogP contribution in [0.25, 0.3) is 0 Å². The van der Waals surface area contributed by atoms with Crippen molar-refractivity contribution in [1.82, 2.24) is 0 Å². The zero-order valence-corrected chi connectivity index (χ0v) is 10.6. The predicted octanol–water partition coefficient (Wildman–Crippen LogP) is 3.62. The summed E-state index contributed by atoms with van der Waals surface area (Å²) in [6, 6.07) is 4.60. The monoisotopic (exact) mass is 280 g/mol. The Labute approximate surface area is 114 Å². The standard InChI is InChI=1S/C13H10F2N2OS/c1-2-3-12(18)9(7-16)13(19)17-11-5-4-8(14)6-10(11)15/h2,4-6,18H,1,3H2,(H,17,19). The molecule has 0 spiro atoms. The third kappa shape index (κ3) is 3.86. The molecule has 0 atom stereocenters. The lowest BCUT2D eigenvalue weighted by Gasteiger charge is -2.09. The number of aliphatic hydroxyl groups is 1. The minimum Gasteiger partial charge on any atom is -0.510 e. The highest BCUT2D eigenvalue weighted by Crippen LogP contribution is 2.17. The first-order valence-electron chi connectivity index (χ1n) is 5.19. The quantitative estimate of drug-likeness (QED) is 0.291. The number of thiocarbonyl (C=S) groups is 1. The summed E-state index contributed by atoms with van der Waals surface area (Å²) < 4.78 is 26.1. The van der Waals surface area contributed by atoms with E-state index in [2.05, 4.69) is 11.9 Å². The minimum absolute atomic E-state index is 0.0661. The number of nitriles is 1. The molecule has 1 aromatic rings. The molecule has 2 N–H and O–H groups in total. The largest absolute Gasteiger partial charge is 0.510 e. The van der Waals surface area contributed by atoms with Gasteiger partial charge in [-0.05, 0) is 12.1 Å². The number of nitrogens with one attached hydrogen (secondary N) is 1. The second-order valence-electron chi connectivity index (χ2n) is 3.50. The molecule has 0 saturated carbocycles. The van der Waals surface area contributed by atoms with Gasteiger partial charge in [-0.25, -0.2) is 8.78 Å². The highest BCUT2D eigenvalue weighted by molar-refractivity contribution is 7.81. The van der Waals surface area contributed by atoms with Gasteiger partial charge in [0.2, 0.25) is 0 Å². The van der Waals surface area contributed by atoms with Gasteiger partial charge in [0.25, 0.3) is 0 Å². The molecule has 1 rings (SSSR count). The Hall–Kier alpha value is -2.26. The molecule has 0 fully saturated rings. The molecule has 0 bridgehead atoms. The molecule has 1 aromatic carbocycles. The van der Waals surface area contributed by atoms with E-state index >= 15 is 0 Å². The summed E-state index contributed by atoms with van der Waals surface area (Å²) in [6.07, 6.45) is 1.46. The van der Waals surface area contributed by atoms with E-state index in [1.807, 2.05) is 0 Å². The number of rotatable bonds is 4. The fraction of sp³-hybridized carbons (Fsp3) is 0.0769. The van der Waals surface area contributed by atoms with E-state index in [9.17, 15) is 13.9 Å². The second-order valence-corrected chi connectivity index (χ2v) is 3.91. The summed E-state index contributed by atoms with van der Waals surface area (Å²) in [5, 5.41) is 20.9. The van der Waals surface area contributed by atoms with E-state index in [4.69, 9.17) is 17.5 Å². The van der Waals surface area contributed by atoms with Crippen LogP contribution in [0.3, 0.4) is 0 Å². The summed E-state index contributed by atoms with van der Waals surface area (Å²) in [5.74, 6) is -1.83. The van der Waals surface area contributed by atoms with E-state index < -0.39 is 11.6 Å². The van der Waals surface area contributed by atoms with Crippen molar-refractivity contribution in [3.05, 3.63) is 53.8 Å². The fourth-order valence-electron chi connectivity index (χ4n) is 1.26. The molecule has 0 aliphatic rings. The van der Waals surface area contributed by atoms with E-state index in [1.165, 1.54) is 6.08 Å². The van der Waals surface area contributed by atoms with Crippen LogP contribution in [0.15, 0.2) is 42.2 Å². The Morgan fingerprint density at radius 2 is 2.21 bits per heavy atom. The van der Waals surface area contributed by atoms with Gasteiger partial charge >= 0.3 is 0 Å². The van der Waals surface area contributed by atoms with Crippen LogP contribution >= 0.6 is 12.2 Å². The van der Waals surface area contributed by atoms with E-state index in [0.717, 1.165) is 12.1 Å². The SMILES string of the molecule is C=CCC(O)=C(C#N)C(=S)Nc1ccc(F)cc1F. The highest BCUT2D eigenvalue weighted by Gasteiger charge is 2.12. The molecule has 0 aliphatic heterocycles. The summed E-state index contributed by atoms with van der Waals surface area (Å²) in [7, 11) is 0. The fourth-order valence-corrected chi connectivity index (χ4v) is 1.53. The normalized spacial score (nSPS) is 11.2. The molecule has 0 unspecified atom stereocenters. The van der Waals surface area contributed by atoms with Crippen molar-refractivity contribution < 1.29 is 13.9 Å². The molecule has 19 heavy (non-hydrogen) atoms. The van der Waals surface area contributed by atoms with Gasteiger partial charge in [-0.2, -0.15) is 5.26 Å². The van der Waals surface area contributed by atoms with E-state index in [0.29, 0.717) is 6.07 Å². The average Bonchev–Trinajstić information content (AvgIpc) is 2.34. The van der Waals surface area contributed by atoms with Crippen LogP contribution in [0.1, 0.15) is 6.42 Å². The van der Waals surface area contributed by atoms with Crippen molar-refractivity contribution in [3.8, 4) is 6.07 Å². The minimum atomic E-state index is -0.845. The first-order chi connectivity index (χ1) is 8.99. The smallest absolute Gasteiger partial charge is 0.149 e. The van der Waals surface area contributed by atoms with Crippen LogP contribution in [0.4, 0.5) is 14.5 Å². The van der Waals surface area contributed by atoms with Crippen molar-refractivity contribution >= 4 is 22.9 Å². The van der Waals surface area contributed by atoms with Crippen molar-refractivity contribution in [2.24, 2.45) is 0 Å². The molecular weight excluding hydrogens is 270 g/mol. The molecular formula is C13H10F2N2OS. The van der Waals surface area contributed by atoms with E-state index in [1.54, 1.807) is 6.07 Å². The molecule has 0 saturated heterocycles. The van der Waals surface area contributed by atoms with Gasteiger partial charge in [-0.3, -0.25) is 0 Å². The van der Waals surface area contributed by atoms with Crippen LogP contribution < -0.4 is 5.32 Å². The van der Waals surface area contributed by atoms with Crippen LogP contribution in [0.5, 0.6) is 0 Å². The molecule has 0 heterocycles. The summed E-state index contributed by atoms with van der Waals surface area (Å²) in [5.41, 5.74) is -0.260. The average molecular weight is 280 g/mol. The molecule has 3 nitrogen and oxygen atoms in total. The molecule has 6 heteroatoms. The third-order valence-electron chi connectivity index (χ3n) is 2.14. The number of nitrogens with zero attached hydrogens (tertiary/aromatic N) is 1. The molecule has 0 aromatic heterocycles. The number of benzene rings is 1. The van der Waals surface area contributed by atoms with Crippen molar-refractivity contribution in [3.63, 3.8) is 0 Å². The number of allylic oxidation sites excluding steroid dienone is 1. The maximum atomic E-state index is 13.4. The van der Waals surface area contributed by atoms with Crippen LogP contribution in [-0.4, -0.2) is 10.1 Å². The third-order valence-corrected chi connectivity index (χ3v) is 2.45. The zero-order chi connectivity index (χ0) is 14.4. The summed E-state index contributed by atoms with van der Waals surface area (Å²) in [6.45, 7) is 3.42. The Kier molecular flexibility index (Phi) is 5.15. The van der Waals surface area contributed by atoms with Gasteiger partial charge in [0.05, 0.1) is 5.69 Å². The Morgan fingerprint density at radius 1 is 1.53 bits per heavy atom. The first kappa shape index (κ1) is 14.8. The van der Waals surface area contributed by atoms with Gasteiger partial charge in [0.1, 0.15) is 34.0 Å². The van der Waals surface area contributed by atoms with Gasteiger partial charge in [0, 0.05) is 12.5 Å². The Morgan fingerprint density at radius 3 is 2.74 bits per heavy atom. The number of hydrogen-bond donors (Lipinski definition) is 2. The Bertz CT molecular complexity index is 591. The van der Waals surface area contributed by atoms with Crippen molar-refractivity contribution in [2.75, 3.05) is 5.32 Å². The van der Waals surface area contributed by atoms with Crippen molar-refractivity contribution in [1.29, 1.82) is 5.26 Å². The lowest BCUT2D eigenvalue weighted by Crippen LogP contribution is -2.14. The second kappa shape index (κ2) is 6.61.